The van der Waals surface area contributed by atoms with Crippen LogP contribution in [0.3, 0.4) is 0 Å². The Morgan fingerprint density at radius 3 is 2.50 bits per heavy atom. The second-order valence-electron chi connectivity index (χ2n) is 8.45. The summed E-state index contributed by atoms with van der Waals surface area (Å²) < 4.78 is 12.0. The van der Waals surface area contributed by atoms with Crippen LogP contribution in [0.4, 0.5) is 0 Å². The zero-order chi connectivity index (χ0) is 18.2. The summed E-state index contributed by atoms with van der Waals surface area (Å²) in [7, 11) is 1.87. The molecule has 3 aliphatic heterocycles. The molecule has 7 heteroatoms. The number of fused-ring (bicyclic) bond motifs is 5. The normalized spacial score (nSPS) is 31.8. The van der Waals surface area contributed by atoms with Gasteiger partial charge in [-0.3, -0.25) is 4.99 Å². The number of nitrogens with zero attached hydrogens (tertiary/aromatic N) is 3. The van der Waals surface area contributed by atoms with Crippen molar-refractivity contribution in [1.82, 2.24) is 15.2 Å². The zero-order valence-corrected chi connectivity index (χ0v) is 18.9. The molecule has 5 rings (SSSR count). The summed E-state index contributed by atoms with van der Waals surface area (Å²) in [5.41, 5.74) is 1.15. The van der Waals surface area contributed by atoms with Gasteiger partial charge in [-0.15, -0.1) is 24.0 Å². The predicted molar refractivity (Wildman–Crippen MR) is 119 cm³/mol. The fraction of sp³-hybridized carbons (Fsp3) is 0.714. The summed E-state index contributed by atoms with van der Waals surface area (Å²) >= 11 is 0. The summed E-state index contributed by atoms with van der Waals surface area (Å²) in [4.78, 5) is 11.4. The molecule has 1 saturated carbocycles. The number of nitrogens with one attached hydrogen (secondary N) is 1. The van der Waals surface area contributed by atoms with Crippen LogP contribution in [0.25, 0.3) is 0 Å². The Morgan fingerprint density at radius 2 is 1.89 bits per heavy atom. The third kappa shape index (κ3) is 3.97. The highest BCUT2D eigenvalue weighted by atomic mass is 127. The predicted octanol–water partition coefficient (Wildman–Crippen LogP) is 3.21. The van der Waals surface area contributed by atoms with Crippen LogP contribution in [0.15, 0.2) is 23.3 Å². The number of likely N-dealkylation sites (tertiary alicyclic amines) is 1. The Labute approximate surface area is 184 Å². The van der Waals surface area contributed by atoms with E-state index >= 15 is 0 Å². The molecule has 4 fully saturated rings. The lowest BCUT2D eigenvalue weighted by Crippen LogP contribution is -2.41. The van der Waals surface area contributed by atoms with Crippen LogP contribution < -0.4 is 10.1 Å². The van der Waals surface area contributed by atoms with E-state index in [1.807, 2.05) is 19.3 Å². The lowest BCUT2D eigenvalue weighted by Gasteiger charge is -2.23. The van der Waals surface area contributed by atoms with Crippen molar-refractivity contribution in [3.63, 3.8) is 0 Å². The van der Waals surface area contributed by atoms with Crippen molar-refractivity contribution >= 4 is 29.9 Å². The molecule has 4 atom stereocenters. The summed E-state index contributed by atoms with van der Waals surface area (Å²) in [5, 5.41) is 3.51. The quantitative estimate of drug-likeness (QED) is 0.393. The summed E-state index contributed by atoms with van der Waals surface area (Å²) in [6.07, 6.45) is 10.6. The van der Waals surface area contributed by atoms with E-state index in [0.717, 1.165) is 49.9 Å². The van der Waals surface area contributed by atoms with Crippen LogP contribution in [0.1, 0.15) is 44.1 Å². The molecule has 2 bridgehead atoms. The van der Waals surface area contributed by atoms with Gasteiger partial charge in [0.05, 0.1) is 12.2 Å². The van der Waals surface area contributed by atoms with E-state index in [2.05, 4.69) is 26.3 Å². The molecule has 4 heterocycles. The molecule has 1 aromatic rings. The molecule has 4 aliphatic rings. The minimum Gasteiger partial charge on any atom is -0.474 e. The first-order chi connectivity index (χ1) is 13.3. The number of pyridine rings is 1. The lowest BCUT2D eigenvalue weighted by atomic mass is 9.82. The Balaban J connectivity index is 0.00000192. The van der Waals surface area contributed by atoms with Gasteiger partial charge in [-0.1, -0.05) is 6.07 Å². The van der Waals surface area contributed by atoms with Gasteiger partial charge in [-0.05, 0) is 44.1 Å². The Kier molecular flexibility index (Phi) is 6.30. The van der Waals surface area contributed by atoms with Crippen molar-refractivity contribution in [3.8, 4) is 5.88 Å². The maximum Gasteiger partial charge on any atom is 0.213 e. The second-order valence-corrected chi connectivity index (χ2v) is 8.45. The standard InChI is InChI=1S/C21H30N4O2.HI/c1-22-21(25-12-16-17(13-25)19-8-7-18(16)27-19)24-11-14-6-9-20(23-10-14)26-15-4-2-3-5-15;/h6,9-10,15-19H,2-5,7-8,11-13H2,1H3,(H,22,24);1H. The van der Waals surface area contributed by atoms with Gasteiger partial charge in [0.25, 0.3) is 0 Å². The maximum absolute atomic E-state index is 6.08. The number of hydrogen-bond donors (Lipinski definition) is 1. The van der Waals surface area contributed by atoms with Gasteiger partial charge < -0.3 is 19.7 Å². The fourth-order valence-electron chi connectivity index (χ4n) is 5.41. The molecular weight excluding hydrogens is 467 g/mol. The largest absolute Gasteiger partial charge is 0.474 e. The van der Waals surface area contributed by atoms with Gasteiger partial charge in [0, 0.05) is 50.8 Å². The molecular formula is C21H31IN4O2. The lowest BCUT2D eigenvalue weighted by molar-refractivity contribution is 0.0767. The molecule has 0 spiro atoms. The number of aromatic nitrogens is 1. The van der Waals surface area contributed by atoms with Crippen molar-refractivity contribution in [2.75, 3.05) is 20.1 Å². The smallest absolute Gasteiger partial charge is 0.213 e. The van der Waals surface area contributed by atoms with Gasteiger partial charge >= 0.3 is 0 Å². The van der Waals surface area contributed by atoms with Crippen molar-refractivity contribution in [2.24, 2.45) is 16.8 Å². The SMILES string of the molecule is CN=C(NCc1ccc(OC2CCCC2)nc1)N1CC2C3CCC(O3)C2C1.I. The summed E-state index contributed by atoms with van der Waals surface area (Å²) in [5.74, 6) is 3.12. The van der Waals surface area contributed by atoms with Gasteiger partial charge in [-0.2, -0.15) is 0 Å². The number of guanidine groups is 1. The summed E-state index contributed by atoms with van der Waals surface area (Å²) in [6, 6.07) is 4.09. The average molecular weight is 498 g/mol. The van der Waals surface area contributed by atoms with E-state index in [-0.39, 0.29) is 24.0 Å². The highest BCUT2D eigenvalue weighted by Gasteiger charge is 2.53. The van der Waals surface area contributed by atoms with E-state index in [1.165, 1.54) is 25.7 Å². The van der Waals surface area contributed by atoms with Gasteiger partial charge in [0.1, 0.15) is 6.10 Å². The molecule has 4 unspecified atom stereocenters. The van der Waals surface area contributed by atoms with Crippen LogP contribution in [0, 0.1) is 11.8 Å². The first-order valence-corrected chi connectivity index (χ1v) is 10.5. The van der Waals surface area contributed by atoms with E-state index in [9.17, 15) is 0 Å². The van der Waals surface area contributed by atoms with Crippen LogP contribution in [-0.4, -0.2) is 54.3 Å². The Hall–Kier alpha value is -1.09. The maximum atomic E-state index is 6.08. The van der Waals surface area contributed by atoms with E-state index in [0.29, 0.717) is 30.1 Å². The van der Waals surface area contributed by atoms with Gasteiger partial charge in [0.15, 0.2) is 5.96 Å². The molecule has 28 heavy (non-hydrogen) atoms. The van der Waals surface area contributed by atoms with Crippen LogP contribution in [0.5, 0.6) is 5.88 Å². The molecule has 1 aliphatic carbocycles. The average Bonchev–Trinajstić information content (AvgIpc) is 3.46. The number of rotatable bonds is 4. The summed E-state index contributed by atoms with van der Waals surface area (Å²) in [6.45, 7) is 2.87. The monoisotopic (exact) mass is 498 g/mol. The zero-order valence-electron chi connectivity index (χ0n) is 16.5. The minimum atomic E-state index is 0. The first-order valence-electron chi connectivity index (χ1n) is 10.5. The molecule has 0 aromatic carbocycles. The molecule has 3 saturated heterocycles. The van der Waals surface area contributed by atoms with Crippen molar-refractivity contribution in [2.45, 2.75) is 63.4 Å². The van der Waals surface area contributed by atoms with Crippen molar-refractivity contribution in [1.29, 1.82) is 0 Å². The van der Waals surface area contributed by atoms with Crippen LogP contribution in [-0.2, 0) is 11.3 Å². The third-order valence-corrected chi connectivity index (χ3v) is 6.80. The molecule has 1 N–H and O–H groups in total. The van der Waals surface area contributed by atoms with E-state index in [4.69, 9.17) is 9.47 Å². The fourth-order valence-corrected chi connectivity index (χ4v) is 5.41. The van der Waals surface area contributed by atoms with Crippen LogP contribution in [0.2, 0.25) is 0 Å². The third-order valence-electron chi connectivity index (χ3n) is 6.80. The van der Waals surface area contributed by atoms with Gasteiger partial charge in [-0.25, -0.2) is 4.98 Å². The van der Waals surface area contributed by atoms with Crippen molar-refractivity contribution < 1.29 is 9.47 Å². The highest BCUT2D eigenvalue weighted by Crippen LogP contribution is 2.47. The Morgan fingerprint density at radius 1 is 1.18 bits per heavy atom. The second kappa shape index (κ2) is 8.73. The Bertz CT molecular complexity index is 674. The first kappa shape index (κ1) is 20.2. The number of hydrogen-bond acceptors (Lipinski definition) is 4. The van der Waals surface area contributed by atoms with Crippen molar-refractivity contribution in [3.05, 3.63) is 23.9 Å². The minimum absolute atomic E-state index is 0. The molecule has 0 radical (unpaired) electrons. The number of aliphatic imine (C=N–C) groups is 1. The number of ether oxygens (including phenoxy) is 2. The molecule has 6 nitrogen and oxygen atoms in total. The topological polar surface area (TPSA) is 59.0 Å². The van der Waals surface area contributed by atoms with Crippen LogP contribution >= 0.6 is 24.0 Å². The number of halogens is 1. The van der Waals surface area contributed by atoms with E-state index in [1.54, 1.807) is 0 Å². The molecule has 1 aromatic heterocycles. The molecule has 0 amide bonds. The van der Waals surface area contributed by atoms with E-state index < -0.39 is 0 Å². The molecule has 154 valence electrons. The van der Waals surface area contributed by atoms with Gasteiger partial charge in [0.2, 0.25) is 5.88 Å². The highest BCUT2D eigenvalue weighted by molar-refractivity contribution is 14.0.